The van der Waals surface area contributed by atoms with Gasteiger partial charge in [-0.3, -0.25) is 4.79 Å². The zero-order chi connectivity index (χ0) is 18.1. The number of piperidine rings is 1. The highest BCUT2D eigenvalue weighted by molar-refractivity contribution is 7.89. The van der Waals surface area contributed by atoms with E-state index in [1.807, 2.05) is 42.2 Å². The van der Waals surface area contributed by atoms with Crippen LogP contribution in [0.2, 0.25) is 0 Å². The van der Waals surface area contributed by atoms with Crippen molar-refractivity contribution in [2.24, 2.45) is 0 Å². The smallest absolute Gasteiger partial charge is 0.222 e. The second-order valence-electron chi connectivity index (χ2n) is 6.63. The maximum absolute atomic E-state index is 12.4. The van der Waals surface area contributed by atoms with Crippen LogP contribution < -0.4 is 0 Å². The standard InChI is InChI=1S/C19H30N2O3S/c1-2-20(17-18-11-5-3-6-12-18)19(22)13-7-10-16-25(23,24)21-14-8-4-9-15-21/h3,5-6,11-12H,2,4,7-10,13-17H2,1H3. The van der Waals surface area contributed by atoms with Gasteiger partial charge in [0.25, 0.3) is 0 Å². The van der Waals surface area contributed by atoms with Crippen molar-refractivity contribution in [3.63, 3.8) is 0 Å². The van der Waals surface area contributed by atoms with Crippen LogP contribution in [0.15, 0.2) is 30.3 Å². The summed E-state index contributed by atoms with van der Waals surface area (Å²) in [7, 11) is -3.15. The zero-order valence-corrected chi connectivity index (χ0v) is 16.0. The summed E-state index contributed by atoms with van der Waals surface area (Å²) in [6.45, 7) is 4.56. The summed E-state index contributed by atoms with van der Waals surface area (Å²) in [5.74, 6) is 0.257. The lowest BCUT2D eigenvalue weighted by molar-refractivity contribution is -0.131. The molecule has 1 aliphatic heterocycles. The lowest BCUT2D eigenvalue weighted by Gasteiger charge is -2.26. The Morgan fingerprint density at radius 1 is 1.08 bits per heavy atom. The minimum Gasteiger partial charge on any atom is -0.339 e. The first kappa shape index (κ1) is 19.9. The Labute approximate surface area is 152 Å². The number of rotatable bonds is 9. The van der Waals surface area contributed by atoms with Gasteiger partial charge in [0.15, 0.2) is 0 Å². The molecule has 1 aromatic rings. The van der Waals surface area contributed by atoms with E-state index in [0.29, 0.717) is 45.4 Å². The third-order valence-corrected chi connectivity index (χ3v) is 6.66. The fourth-order valence-electron chi connectivity index (χ4n) is 3.17. The van der Waals surface area contributed by atoms with Gasteiger partial charge in [0.2, 0.25) is 15.9 Å². The number of carbonyl (C=O) groups excluding carboxylic acids is 1. The maximum atomic E-state index is 12.4. The molecule has 1 heterocycles. The van der Waals surface area contributed by atoms with Crippen LogP contribution in [-0.4, -0.2) is 48.9 Å². The van der Waals surface area contributed by atoms with Crippen LogP contribution in [0.25, 0.3) is 0 Å². The summed E-state index contributed by atoms with van der Waals surface area (Å²) in [6, 6.07) is 9.94. The molecule has 0 bridgehead atoms. The van der Waals surface area contributed by atoms with Crippen LogP contribution in [0.4, 0.5) is 0 Å². The van der Waals surface area contributed by atoms with Gasteiger partial charge in [-0.2, -0.15) is 0 Å². The van der Waals surface area contributed by atoms with Gasteiger partial charge in [-0.1, -0.05) is 36.8 Å². The third kappa shape index (κ3) is 6.44. The van der Waals surface area contributed by atoms with Crippen LogP contribution in [0, 0.1) is 0 Å². The van der Waals surface area contributed by atoms with Crippen molar-refractivity contribution in [2.45, 2.75) is 52.0 Å². The van der Waals surface area contributed by atoms with E-state index in [1.54, 1.807) is 4.31 Å². The number of hydrogen-bond acceptors (Lipinski definition) is 3. The molecule has 1 aliphatic rings. The van der Waals surface area contributed by atoms with Crippen molar-refractivity contribution in [1.29, 1.82) is 0 Å². The molecule has 5 nitrogen and oxygen atoms in total. The topological polar surface area (TPSA) is 57.7 Å². The van der Waals surface area contributed by atoms with Gasteiger partial charge < -0.3 is 4.90 Å². The van der Waals surface area contributed by atoms with Gasteiger partial charge in [-0.15, -0.1) is 0 Å². The Hall–Kier alpha value is -1.40. The summed E-state index contributed by atoms with van der Waals surface area (Å²) in [6.07, 6.45) is 4.63. The Bertz CT molecular complexity index is 625. The molecule has 25 heavy (non-hydrogen) atoms. The first-order valence-electron chi connectivity index (χ1n) is 9.32. The van der Waals surface area contributed by atoms with Crippen LogP contribution in [0.3, 0.4) is 0 Å². The SMILES string of the molecule is CCN(Cc1ccccc1)C(=O)CCCCS(=O)(=O)N1CCCCC1. The number of nitrogens with zero attached hydrogens (tertiary/aromatic N) is 2. The number of amides is 1. The maximum Gasteiger partial charge on any atom is 0.222 e. The van der Waals surface area contributed by atoms with Crippen molar-refractivity contribution in [3.8, 4) is 0 Å². The van der Waals surface area contributed by atoms with Crippen LogP contribution in [0.1, 0.15) is 51.0 Å². The Balaban J connectivity index is 1.73. The van der Waals surface area contributed by atoms with E-state index in [-0.39, 0.29) is 11.7 Å². The number of hydrogen-bond donors (Lipinski definition) is 0. The number of carbonyl (C=O) groups is 1. The summed E-state index contributed by atoms with van der Waals surface area (Å²) < 4.78 is 26.2. The Morgan fingerprint density at radius 3 is 2.40 bits per heavy atom. The van der Waals surface area contributed by atoms with E-state index in [1.165, 1.54) is 0 Å². The van der Waals surface area contributed by atoms with Crippen molar-refractivity contribution in [1.82, 2.24) is 9.21 Å². The average molecular weight is 367 g/mol. The molecule has 0 unspecified atom stereocenters. The normalized spacial score (nSPS) is 15.9. The lowest BCUT2D eigenvalue weighted by Crippen LogP contribution is -2.37. The molecule has 0 atom stereocenters. The monoisotopic (exact) mass is 366 g/mol. The molecular weight excluding hydrogens is 336 g/mol. The molecule has 0 spiro atoms. The minimum absolute atomic E-state index is 0.0988. The first-order chi connectivity index (χ1) is 12.0. The van der Waals surface area contributed by atoms with E-state index in [2.05, 4.69) is 0 Å². The largest absolute Gasteiger partial charge is 0.339 e. The molecule has 1 amide bonds. The summed E-state index contributed by atoms with van der Waals surface area (Å²) in [4.78, 5) is 14.2. The fraction of sp³-hybridized carbons (Fsp3) is 0.632. The molecule has 0 aromatic heterocycles. The molecule has 2 rings (SSSR count). The quantitative estimate of drug-likeness (QED) is 0.631. The molecule has 1 saturated heterocycles. The molecule has 1 fully saturated rings. The number of sulfonamides is 1. The first-order valence-corrected chi connectivity index (χ1v) is 10.9. The van der Waals surface area contributed by atoms with Crippen LogP contribution >= 0.6 is 0 Å². The van der Waals surface area contributed by atoms with Crippen molar-refractivity contribution >= 4 is 15.9 Å². The lowest BCUT2D eigenvalue weighted by atomic mass is 10.2. The zero-order valence-electron chi connectivity index (χ0n) is 15.2. The summed E-state index contributed by atoms with van der Waals surface area (Å²) in [5, 5.41) is 0. The molecule has 1 aromatic carbocycles. The van der Waals surface area contributed by atoms with Crippen LogP contribution in [0.5, 0.6) is 0 Å². The second kappa shape index (κ2) is 9.92. The minimum atomic E-state index is -3.15. The number of benzene rings is 1. The average Bonchev–Trinajstić information content (AvgIpc) is 2.64. The predicted molar refractivity (Wildman–Crippen MR) is 101 cm³/mol. The van der Waals surface area contributed by atoms with E-state index < -0.39 is 10.0 Å². The molecule has 140 valence electrons. The van der Waals surface area contributed by atoms with E-state index in [4.69, 9.17) is 0 Å². The van der Waals surface area contributed by atoms with Gasteiger partial charge in [-0.25, -0.2) is 12.7 Å². The highest BCUT2D eigenvalue weighted by Gasteiger charge is 2.23. The van der Waals surface area contributed by atoms with Gasteiger partial charge in [0.05, 0.1) is 5.75 Å². The van der Waals surface area contributed by atoms with Gasteiger partial charge in [-0.05, 0) is 38.2 Å². The van der Waals surface area contributed by atoms with Gasteiger partial charge >= 0.3 is 0 Å². The highest BCUT2D eigenvalue weighted by Crippen LogP contribution is 2.15. The summed E-state index contributed by atoms with van der Waals surface area (Å²) in [5.41, 5.74) is 1.12. The Kier molecular flexibility index (Phi) is 7.90. The van der Waals surface area contributed by atoms with E-state index >= 15 is 0 Å². The summed E-state index contributed by atoms with van der Waals surface area (Å²) >= 11 is 0. The van der Waals surface area contributed by atoms with Gasteiger partial charge in [0.1, 0.15) is 0 Å². The van der Waals surface area contributed by atoms with Crippen LogP contribution in [-0.2, 0) is 21.4 Å². The second-order valence-corrected chi connectivity index (χ2v) is 8.71. The number of unbranched alkanes of at least 4 members (excludes halogenated alkanes) is 1. The molecule has 0 saturated carbocycles. The molecular formula is C19H30N2O3S. The van der Waals surface area contributed by atoms with Crippen molar-refractivity contribution in [2.75, 3.05) is 25.4 Å². The van der Waals surface area contributed by atoms with Crippen molar-refractivity contribution in [3.05, 3.63) is 35.9 Å². The molecule has 0 aliphatic carbocycles. The third-order valence-electron chi connectivity index (χ3n) is 4.70. The van der Waals surface area contributed by atoms with E-state index in [9.17, 15) is 13.2 Å². The van der Waals surface area contributed by atoms with Crippen molar-refractivity contribution < 1.29 is 13.2 Å². The predicted octanol–water partition coefficient (Wildman–Crippen LogP) is 3.02. The van der Waals surface area contributed by atoms with Gasteiger partial charge in [0, 0.05) is 32.6 Å². The fourth-order valence-corrected chi connectivity index (χ4v) is 4.81. The molecule has 0 radical (unpaired) electrons. The highest BCUT2D eigenvalue weighted by atomic mass is 32.2. The molecule has 0 N–H and O–H groups in total. The Morgan fingerprint density at radius 2 is 1.76 bits per heavy atom. The molecule has 6 heteroatoms. The van der Waals surface area contributed by atoms with E-state index in [0.717, 1.165) is 24.8 Å².